The minimum absolute atomic E-state index is 0.151. The maximum absolute atomic E-state index is 6.04. The summed E-state index contributed by atoms with van der Waals surface area (Å²) in [6.45, 7) is 2.14. The molecule has 0 unspecified atom stereocenters. The second kappa shape index (κ2) is 5.80. The standard InChI is InChI=1S/C13H23N3O2/c1-3-4-7-10(14)11-15-12(16-18-11)13(17-2)8-5-6-9-13/h10H,3-9,14H2,1-2H3/t10-/m0/s1. The van der Waals surface area contributed by atoms with Crippen LogP contribution in [0.1, 0.15) is 69.6 Å². The maximum Gasteiger partial charge on any atom is 0.243 e. The van der Waals surface area contributed by atoms with E-state index in [0.717, 1.165) is 44.9 Å². The van der Waals surface area contributed by atoms with Crippen LogP contribution in [0.5, 0.6) is 0 Å². The van der Waals surface area contributed by atoms with Crippen LogP contribution in [0.4, 0.5) is 0 Å². The van der Waals surface area contributed by atoms with Crippen molar-refractivity contribution in [1.82, 2.24) is 10.1 Å². The van der Waals surface area contributed by atoms with E-state index in [1.807, 2.05) is 0 Å². The lowest BCUT2D eigenvalue weighted by Crippen LogP contribution is -2.26. The molecule has 0 radical (unpaired) electrons. The third-order valence-corrected chi connectivity index (χ3v) is 3.84. The Morgan fingerprint density at radius 2 is 2.17 bits per heavy atom. The van der Waals surface area contributed by atoms with Gasteiger partial charge in [0.1, 0.15) is 5.60 Å². The summed E-state index contributed by atoms with van der Waals surface area (Å²) in [5, 5.41) is 4.08. The summed E-state index contributed by atoms with van der Waals surface area (Å²) in [5.74, 6) is 1.21. The van der Waals surface area contributed by atoms with Crippen LogP contribution >= 0.6 is 0 Å². The Balaban J connectivity index is 2.09. The van der Waals surface area contributed by atoms with E-state index in [0.29, 0.717) is 11.7 Å². The fourth-order valence-corrected chi connectivity index (χ4v) is 2.58. The second-order valence-electron chi connectivity index (χ2n) is 5.11. The molecule has 1 atom stereocenters. The molecule has 1 aromatic rings. The largest absolute Gasteiger partial charge is 0.370 e. The Labute approximate surface area is 108 Å². The number of rotatable bonds is 6. The summed E-state index contributed by atoms with van der Waals surface area (Å²) in [6.07, 6.45) is 7.32. The van der Waals surface area contributed by atoms with Gasteiger partial charge >= 0.3 is 0 Å². The van der Waals surface area contributed by atoms with Crippen molar-refractivity contribution in [3.63, 3.8) is 0 Å². The van der Waals surface area contributed by atoms with Gasteiger partial charge in [-0.1, -0.05) is 24.9 Å². The molecule has 18 heavy (non-hydrogen) atoms. The topological polar surface area (TPSA) is 74.2 Å². The third-order valence-electron chi connectivity index (χ3n) is 3.84. The molecule has 1 aromatic heterocycles. The first-order chi connectivity index (χ1) is 8.72. The molecule has 1 aliphatic carbocycles. The molecule has 1 fully saturated rings. The van der Waals surface area contributed by atoms with Crippen molar-refractivity contribution < 1.29 is 9.26 Å². The molecule has 5 nitrogen and oxygen atoms in total. The summed E-state index contributed by atoms with van der Waals surface area (Å²) in [6, 6.07) is -0.151. The van der Waals surface area contributed by atoms with Crippen LogP contribution in [0.2, 0.25) is 0 Å². The summed E-state index contributed by atoms with van der Waals surface area (Å²) >= 11 is 0. The van der Waals surface area contributed by atoms with Gasteiger partial charge in [0.25, 0.3) is 0 Å². The Kier molecular flexibility index (Phi) is 4.35. The van der Waals surface area contributed by atoms with Gasteiger partial charge in [0.15, 0.2) is 0 Å². The number of unbranched alkanes of at least 4 members (excludes halogenated alkanes) is 1. The summed E-state index contributed by atoms with van der Waals surface area (Å²) in [5.41, 5.74) is 5.70. The van der Waals surface area contributed by atoms with Crippen LogP contribution in [-0.2, 0) is 10.3 Å². The van der Waals surface area contributed by atoms with Gasteiger partial charge in [-0.2, -0.15) is 4.98 Å². The molecule has 0 spiro atoms. The van der Waals surface area contributed by atoms with Crippen LogP contribution in [0.25, 0.3) is 0 Å². The van der Waals surface area contributed by atoms with Gasteiger partial charge in [0, 0.05) is 7.11 Å². The summed E-state index contributed by atoms with van der Waals surface area (Å²) < 4.78 is 10.9. The average molecular weight is 253 g/mol. The highest BCUT2D eigenvalue weighted by atomic mass is 16.5. The molecular weight excluding hydrogens is 230 g/mol. The highest BCUT2D eigenvalue weighted by Crippen LogP contribution is 2.40. The smallest absolute Gasteiger partial charge is 0.243 e. The fraction of sp³-hybridized carbons (Fsp3) is 0.846. The van der Waals surface area contributed by atoms with E-state index >= 15 is 0 Å². The maximum atomic E-state index is 6.04. The first-order valence-electron chi connectivity index (χ1n) is 6.86. The van der Waals surface area contributed by atoms with Crippen LogP contribution in [0.15, 0.2) is 4.52 Å². The molecule has 1 saturated carbocycles. The lowest BCUT2D eigenvalue weighted by molar-refractivity contribution is -0.0178. The van der Waals surface area contributed by atoms with Crippen LogP contribution in [0.3, 0.4) is 0 Å². The number of methoxy groups -OCH3 is 1. The molecule has 1 aliphatic rings. The quantitative estimate of drug-likeness (QED) is 0.843. The molecule has 102 valence electrons. The van der Waals surface area contributed by atoms with E-state index in [2.05, 4.69) is 17.1 Å². The van der Waals surface area contributed by atoms with E-state index in [1.165, 1.54) is 0 Å². The van der Waals surface area contributed by atoms with Crippen molar-refractivity contribution in [1.29, 1.82) is 0 Å². The lowest BCUT2D eigenvalue weighted by atomic mass is 10.0. The minimum Gasteiger partial charge on any atom is -0.370 e. The van der Waals surface area contributed by atoms with Gasteiger partial charge in [-0.15, -0.1) is 0 Å². The van der Waals surface area contributed by atoms with Gasteiger partial charge < -0.3 is 15.0 Å². The molecule has 0 saturated heterocycles. The van der Waals surface area contributed by atoms with Crippen LogP contribution < -0.4 is 5.73 Å². The number of hydrogen-bond acceptors (Lipinski definition) is 5. The predicted molar refractivity (Wildman–Crippen MR) is 67.9 cm³/mol. The molecule has 0 aliphatic heterocycles. The van der Waals surface area contributed by atoms with Gasteiger partial charge in [-0.3, -0.25) is 0 Å². The van der Waals surface area contributed by atoms with Crippen LogP contribution in [-0.4, -0.2) is 17.3 Å². The third kappa shape index (κ3) is 2.57. The molecule has 0 aromatic carbocycles. The zero-order valence-electron chi connectivity index (χ0n) is 11.3. The number of nitrogens with zero attached hydrogens (tertiary/aromatic N) is 2. The van der Waals surface area contributed by atoms with Crippen molar-refractivity contribution in [3.05, 3.63) is 11.7 Å². The Morgan fingerprint density at radius 1 is 1.44 bits per heavy atom. The summed E-state index contributed by atoms with van der Waals surface area (Å²) in [4.78, 5) is 4.46. The monoisotopic (exact) mass is 253 g/mol. The van der Waals surface area contributed by atoms with Crippen molar-refractivity contribution in [3.8, 4) is 0 Å². The fourth-order valence-electron chi connectivity index (χ4n) is 2.58. The minimum atomic E-state index is -0.341. The Morgan fingerprint density at radius 3 is 2.78 bits per heavy atom. The van der Waals surface area contributed by atoms with Crippen molar-refractivity contribution in [2.24, 2.45) is 5.73 Å². The summed E-state index contributed by atoms with van der Waals surface area (Å²) in [7, 11) is 1.72. The Hall–Kier alpha value is -0.940. The highest BCUT2D eigenvalue weighted by Gasteiger charge is 2.40. The molecule has 5 heteroatoms. The molecule has 0 amide bonds. The average Bonchev–Trinajstić information content (AvgIpc) is 3.04. The van der Waals surface area contributed by atoms with Gasteiger partial charge in [0.2, 0.25) is 11.7 Å². The number of hydrogen-bond donors (Lipinski definition) is 1. The van der Waals surface area contributed by atoms with E-state index in [4.69, 9.17) is 15.0 Å². The first-order valence-corrected chi connectivity index (χ1v) is 6.86. The number of ether oxygens (including phenoxy) is 1. The van der Waals surface area contributed by atoms with E-state index in [9.17, 15) is 0 Å². The van der Waals surface area contributed by atoms with Crippen LogP contribution in [0, 0.1) is 0 Å². The van der Waals surface area contributed by atoms with Gasteiger partial charge in [0.05, 0.1) is 6.04 Å². The van der Waals surface area contributed by atoms with Crippen molar-refractivity contribution in [2.75, 3.05) is 7.11 Å². The highest BCUT2D eigenvalue weighted by molar-refractivity contribution is 5.05. The molecular formula is C13H23N3O2. The Bertz CT molecular complexity index is 372. The SMILES string of the molecule is CCCC[C@H](N)c1nc(C2(OC)CCCC2)no1. The van der Waals surface area contributed by atoms with E-state index < -0.39 is 0 Å². The predicted octanol–water partition coefficient (Wildman–Crippen LogP) is 2.68. The normalized spacial score (nSPS) is 20.2. The second-order valence-corrected chi connectivity index (χ2v) is 5.11. The van der Waals surface area contributed by atoms with Gasteiger partial charge in [-0.25, -0.2) is 0 Å². The number of aromatic nitrogens is 2. The number of nitrogens with two attached hydrogens (primary N) is 1. The van der Waals surface area contributed by atoms with Gasteiger partial charge in [-0.05, 0) is 32.1 Å². The van der Waals surface area contributed by atoms with E-state index in [1.54, 1.807) is 7.11 Å². The zero-order chi connectivity index (χ0) is 13.0. The molecule has 2 N–H and O–H groups in total. The molecule has 2 rings (SSSR count). The zero-order valence-corrected chi connectivity index (χ0v) is 11.3. The lowest BCUT2D eigenvalue weighted by Gasteiger charge is -2.22. The molecule has 0 bridgehead atoms. The first kappa shape index (κ1) is 13.5. The van der Waals surface area contributed by atoms with Crippen molar-refractivity contribution in [2.45, 2.75) is 63.5 Å². The van der Waals surface area contributed by atoms with Crippen molar-refractivity contribution >= 4 is 0 Å². The van der Waals surface area contributed by atoms with E-state index in [-0.39, 0.29) is 11.6 Å². The molecule has 1 heterocycles.